The normalized spacial score (nSPS) is 11.3. The number of aliphatic hydroxyl groups is 1. The molecule has 0 heterocycles. The Kier molecular flexibility index (Phi) is 12.1. The monoisotopic (exact) mass is 355 g/mol. The summed E-state index contributed by atoms with van der Waals surface area (Å²) in [5.74, 6) is -0.337. The van der Waals surface area contributed by atoms with E-state index in [0.717, 1.165) is 12.5 Å². The Balaban J connectivity index is 0.00000129. The second-order valence-corrected chi connectivity index (χ2v) is 5.77. The molecule has 0 spiro atoms. The number of ether oxygens (including phenoxy) is 2. The predicted octanol–water partition coefficient (Wildman–Crippen LogP) is 1.62. The van der Waals surface area contributed by atoms with Crippen LogP contribution in [-0.2, 0) is 20.7 Å². The molecule has 1 unspecified atom stereocenters. The maximum absolute atomic E-state index is 11.1. The minimum Gasteiger partial charge on any atom is -0.491 e. The van der Waals surface area contributed by atoms with Crippen LogP contribution in [-0.4, -0.2) is 54.6 Å². The van der Waals surface area contributed by atoms with E-state index in [1.54, 1.807) is 0 Å². The second kappa shape index (κ2) is 13.2. The molecule has 0 aliphatic heterocycles. The van der Waals surface area contributed by atoms with Crippen LogP contribution in [0.3, 0.4) is 0 Å². The molecule has 7 heteroatoms. The second-order valence-electron chi connectivity index (χ2n) is 5.77. The van der Waals surface area contributed by atoms with E-state index < -0.39 is 12.1 Å². The maximum Gasteiger partial charge on any atom is 0.305 e. The molecule has 1 aromatic carbocycles. The summed E-state index contributed by atoms with van der Waals surface area (Å²) in [6, 6.07) is 7.85. The van der Waals surface area contributed by atoms with Gasteiger partial charge in [0.15, 0.2) is 0 Å². The van der Waals surface area contributed by atoms with Crippen molar-refractivity contribution >= 4 is 11.9 Å². The number of aliphatic carboxylic acids is 1. The van der Waals surface area contributed by atoms with Gasteiger partial charge in [0.2, 0.25) is 0 Å². The number of hydrogen-bond acceptors (Lipinski definition) is 6. The number of aliphatic hydroxyl groups excluding tert-OH is 1. The lowest BCUT2D eigenvalue weighted by atomic mass is 10.1. The Morgan fingerprint density at radius 1 is 1.20 bits per heavy atom. The van der Waals surface area contributed by atoms with Crippen LogP contribution in [0, 0.1) is 0 Å². The van der Waals surface area contributed by atoms with Crippen molar-refractivity contribution in [2.45, 2.75) is 45.8 Å². The maximum atomic E-state index is 11.1. The average molecular weight is 355 g/mol. The lowest BCUT2D eigenvalue weighted by Gasteiger charge is -2.15. The van der Waals surface area contributed by atoms with Gasteiger partial charge in [0.25, 0.3) is 5.97 Å². The molecule has 0 radical (unpaired) electrons. The van der Waals surface area contributed by atoms with E-state index in [1.165, 1.54) is 7.11 Å². The predicted molar refractivity (Wildman–Crippen MR) is 94.7 cm³/mol. The van der Waals surface area contributed by atoms with Crippen LogP contribution in [0.25, 0.3) is 0 Å². The van der Waals surface area contributed by atoms with Crippen molar-refractivity contribution in [1.29, 1.82) is 0 Å². The fraction of sp³-hybridized carbons (Fsp3) is 0.556. The van der Waals surface area contributed by atoms with Crippen molar-refractivity contribution in [2.75, 3.05) is 20.3 Å². The van der Waals surface area contributed by atoms with E-state index in [-0.39, 0.29) is 12.6 Å². The largest absolute Gasteiger partial charge is 0.491 e. The lowest BCUT2D eigenvalue weighted by Crippen LogP contribution is -2.35. The summed E-state index contributed by atoms with van der Waals surface area (Å²) < 4.78 is 10.1. The molecule has 0 aliphatic carbocycles. The first kappa shape index (κ1) is 22.9. The molecule has 0 saturated heterocycles. The van der Waals surface area contributed by atoms with Gasteiger partial charge in [-0.1, -0.05) is 26.0 Å². The molecule has 3 N–H and O–H groups in total. The molecule has 1 rings (SSSR count). The number of methoxy groups -OCH3 is 1. The third kappa shape index (κ3) is 14.0. The summed E-state index contributed by atoms with van der Waals surface area (Å²) in [5, 5.41) is 20.3. The highest BCUT2D eigenvalue weighted by molar-refractivity contribution is 5.69. The van der Waals surface area contributed by atoms with E-state index >= 15 is 0 Å². The number of rotatable bonds is 9. The van der Waals surface area contributed by atoms with Gasteiger partial charge in [-0.25, -0.2) is 0 Å². The number of esters is 1. The number of carbonyl (C=O) groups is 2. The van der Waals surface area contributed by atoms with Gasteiger partial charge in [-0.05, 0) is 24.1 Å². The van der Waals surface area contributed by atoms with Gasteiger partial charge < -0.3 is 25.0 Å². The quantitative estimate of drug-likeness (QED) is 0.578. The number of benzene rings is 1. The Hall–Kier alpha value is -2.12. The first-order chi connectivity index (χ1) is 11.7. The minimum atomic E-state index is -0.833. The third-order valence-electron chi connectivity index (χ3n) is 2.97. The van der Waals surface area contributed by atoms with Gasteiger partial charge >= 0.3 is 5.97 Å². The van der Waals surface area contributed by atoms with Gasteiger partial charge in [-0.15, -0.1) is 0 Å². The zero-order valence-electron chi connectivity index (χ0n) is 15.3. The standard InChI is InChI=1S/C16H25NO4.C2H4O2/c1-12(2)17-10-14(18)11-21-15-7-4-13(5-8-15)6-9-16(19)20-3;1-2(3)4/h4-5,7-8,12,14,17-18H,6,9-11H2,1-3H3;1H3,(H,3,4). The van der Waals surface area contributed by atoms with E-state index in [4.69, 9.17) is 14.6 Å². The average Bonchev–Trinajstić information content (AvgIpc) is 2.56. The number of carboxylic acid groups (broad SMARTS) is 1. The Bertz CT molecular complexity index is 497. The molecular weight excluding hydrogens is 326 g/mol. The van der Waals surface area contributed by atoms with Gasteiger partial charge in [0.1, 0.15) is 18.5 Å². The van der Waals surface area contributed by atoms with Gasteiger partial charge in [0.05, 0.1) is 7.11 Å². The van der Waals surface area contributed by atoms with E-state index in [2.05, 4.69) is 10.1 Å². The Morgan fingerprint density at radius 3 is 2.24 bits per heavy atom. The number of carbonyl (C=O) groups excluding carboxylic acids is 1. The van der Waals surface area contributed by atoms with Crippen molar-refractivity contribution in [3.8, 4) is 5.75 Å². The molecule has 0 amide bonds. The summed E-state index contributed by atoms with van der Waals surface area (Å²) in [5.41, 5.74) is 1.05. The van der Waals surface area contributed by atoms with E-state index in [0.29, 0.717) is 31.2 Å². The third-order valence-corrected chi connectivity index (χ3v) is 2.97. The smallest absolute Gasteiger partial charge is 0.305 e. The van der Waals surface area contributed by atoms with Crippen LogP contribution in [0.5, 0.6) is 5.75 Å². The summed E-state index contributed by atoms with van der Waals surface area (Å²) in [4.78, 5) is 20.1. The van der Waals surface area contributed by atoms with Crippen LogP contribution in [0.4, 0.5) is 0 Å². The van der Waals surface area contributed by atoms with Crippen molar-refractivity contribution in [1.82, 2.24) is 5.32 Å². The van der Waals surface area contributed by atoms with Crippen LogP contribution >= 0.6 is 0 Å². The van der Waals surface area contributed by atoms with Crippen molar-refractivity contribution in [3.63, 3.8) is 0 Å². The lowest BCUT2D eigenvalue weighted by molar-refractivity contribution is -0.140. The van der Waals surface area contributed by atoms with Crippen LogP contribution < -0.4 is 10.1 Å². The van der Waals surface area contributed by atoms with Gasteiger partial charge in [0, 0.05) is 25.9 Å². The molecule has 7 nitrogen and oxygen atoms in total. The van der Waals surface area contributed by atoms with E-state index in [9.17, 15) is 9.90 Å². The number of aryl methyl sites for hydroxylation is 1. The topological polar surface area (TPSA) is 105 Å². The summed E-state index contributed by atoms with van der Waals surface area (Å²) in [7, 11) is 1.39. The van der Waals surface area contributed by atoms with Crippen LogP contribution in [0.15, 0.2) is 24.3 Å². The molecule has 0 fully saturated rings. The molecule has 25 heavy (non-hydrogen) atoms. The van der Waals surface area contributed by atoms with Crippen molar-refractivity contribution in [3.05, 3.63) is 29.8 Å². The zero-order chi connectivity index (χ0) is 19.2. The molecule has 1 atom stereocenters. The molecule has 0 aliphatic rings. The minimum absolute atomic E-state index is 0.212. The van der Waals surface area contributed by atoms with Crippen LogP contribution in [0.1, 0.15) is 32.8 Å². The summed E-state index contributed by atoms with van der Waals surface area (Å²) in [6.45, 7) is 5.90. The SMILES string of the molecule is CC(=O)O.COC(=O)CCc1ccc(OCC(O)CNC(C)C)cc1. The molecule has 0 saturated carbocycles. The first-order valence-electron chi connectivity index (χ1n) is 8.14. The Morgan fingerprint density at radius 2 is 1.76 bits per heavy atom. The highest BCUT2D eigenvalue weighted by Gasteiger charge is 2.06. The number of hydrogen-bond donors (Lipinski definition) is 3. The van der Waals surface area contributed by atoms with Gasteiger partial charge in [-0.2, -0.15) is 0 Å². The molecule has 1 aromatic rings. The Labute approximate surface area is 149 Å². The summed E-state index contributed by atoms with van der Waals surface area (Å²) in [6.07, 6.45) is 0.482. The number of nitrogens with one attached hydrogen (secondary N) is 1. The van der Waals surface area contributed by atoms with E-state index in [1.807, 2.05) is 38.1 Å². The van der Waals surface area contributed by atoms with Crippen molar-refractivity contribution in [2.24, 2.45) is 0 Å². The number of carboxylic acids is 1. The fourth-order valence-electron chi connectivity index (χ4n) is 1.72. The highest BCUT2D eigenvalue weighted by Crippen LogP contribution is 2.13. The highest BCUT2D eigenvalue weighted by atomic mass is 16.5. The molecule has 0 aromatic heterocycles. The summed E-state index contributed by atoms with van der Waals surface area (Å²) >= 11 is 0. The van der Waals surface area contributed by atoms with Crippen molar-refractivity contribution < 1.29 is 29.3 Å². The van der Waals surface area contributed by atoms with Crippen LogP contribution in [0.2, 0.25) is 0 Å². The fourth-order valence-corrected chi connectivity index (χ4v) is 1.72. The van der Waals surface area contributed by atoms with Gasteiger partial charge in [-0.3, -0.25) is 9.59 Å². The molecule has 0 bridgehead atoms. The first-order valence-corrected chi connectivity index (χ1v) is 8.14. The zero-order valence-corrected chi connectivity index (χ0v) is 15.3. The molecular formula is C18H29NO6. The molecule has 142 valence electrons.